The molecule has 0 bridgehead atoms. The molecule has 1 aromatic heterocycles. The van der Waals surface area contributed by atoms with Crippen molar-refractivity contribution < 1.29 is 4.39 Å². The zero-order chi connectivity index (χ0) is 15.0. The molecule has 2 N–H and O–H groups in total. The summed E-state index contributed by atoms with van der Waals surface area (Å²) in [7, 11) is 0. The number of hydrogen-bond acceptors (Lipinski definition) is 2. The number of pyridine rings is 1. The SMILES string of the molecule is NC1CCCc2c1ccc(=O)n2Cc1ccc(Cl)c(F)c1. The van der Waals surface area contributed by atoms with Gasteiger partial charge in [-0.25, -0.2) is 4.39 Å². The molecule has 0 saturated carbocycles. The molecule has 0 aliphatic heterocycles. The Kier molecular flexibility index (Phi) is 3.83. The van der Waals surface area contributed by atoms with E-state index in [1.54, 1.807) is 10.6 Å². The van der Waals surface area contributed by atoms with Crippen LogP contribution in [0, 0.1) is 5.82 Å². The van der Waals surface area contributed by atoms with Crippen LogP contribution in [0.2, 0.25) is 5.02 Å². The van der Waals surface area contributed by atoms with Crippen LogP contribution in [0.4, 0.5) is 4.39 Å². The van der Waals surface area contributed by atoms with Crippen LogP contribution >= 0.6 is 11.6 Å². The largest absolute Gasteiger partial charge is 0.324 e. The molecule has 5 heteroatoms. The Morgan fingerprint density at radius 1 is 1.33 bits per heavy atom. The zero-order valence-corrected chi connectivity index (χ0v) is 12.2. The van der Waals surface area contributed by atoms with Crippen LogP contribution in [0.3, 0.4) is 0 Å². The third-order valence-electron chi connectivity index (χ3n) is 3.98. The first-order chi connectivity index (χ1) is 10.1. The van der Waals surface area contributed by atoms with Gasteiger partial charge in [0.25, 0.3) is 5.56 Å². The third kappa shape index (κ3) is 2.74. The van der Waals surface area contributed by atoms with Crippen molar-refractivity contribution in [1.29, 1.82) is 0 Å². The molecule has 0 saturated heterocycles. The van der Waals surface area contributed by atoms with Crippen LogP contribution in [0.5, 0.6) is 0 Å². The molecule has 1 aromatic carbocycles. The minimum absolute atomic E-state index is 0.0254. The summed E-state index contributed by atoms with van der Waals surface area (Å²) in [6.45, 7) is 0.336. The second-order valence-corrected chi connectivity index (χ2v) is 5.81. The van der Waals surface area contributed by atoms with Crippen LogP contribution in [0.25, 0.3) is 0 Å². The summed E-state index contributed by atoms with van der Waals surface area (Å²) in [6.07, 6.45) is 2.72. The fraction of sp³-hybridized carbons (Fsp3) is 0.312. The Labute approximate surface area is 127 Å². The number of nitrogens with two attached hydrogens (primary N) is 1. The number of hydrogen-bond donors (Lipinski definition) is 1. The van der Waals surface area contributed by atoms with Crippen LogP contribution in [0.15, 0.2) is 35.1 Å². The maximum Gasteiger partial charge on any atom is 0.251 e. The topological polar surface area (TPSA) is 48.0 Å². The van der Waals surface area contributed by atoms with E-state index in [4.69, 9.17) is 17.3 Å². The summed E-state index contributed by atoms with van der Waals surface area (Å²) < 4.78 is 15.2. The lowest BCUT2D eigenvalue weighted by atomic mass is 9.91. The monoisotopic (exact) mass is 306 g/mol. The second-order valence-electron chi connectivity index (χ2n) is 5.41. The van der Waals surface area contributed by atoms with Gasteiger partial charge in [-0.05, 0) is 42.5 Å². The van der Waals surface area contributed by atoms with Crippen molar-refractivity contribution in [3.05, 3.63) is 68.3 Å². The molecule has 1 atom stereocenters. The molecule has 1 unspecified atom stereocenters. The first-order valence-corrected chi connectivity index (χ1v) is 7.36. The molecule has 1 heterocycles. The number of fused-ring (bicyclic) bond motifs is 1. The Hall–Kier alpha value is -1.65. The summed E-state index contributed by atoms with van der Waals surface area (Å²) >= 11 is 5.69. The van der Waals surface area contributed by atoms with Crippen LogP contribution in [0.1, 0.15) is 35.7 Å². The molecule has 3 nitrogen and oxygen atoms in total. The van der Waals surface area contributed by atoms with Gasteiger partial charge in [0.2, 0.25) is 0 Å². The van der Waals surface area contributed by atoms with Gasteiger partial charge in [-0.15, -0.1) is 0 Å². The second kappa shape index (κ2) is 5.62. The van der Waals surface area contributed by atoms with E-state index in [1.165, 1.54) is 18.2 Å². The highest BCUT2D eigenvalue weighted by Crippen LogP contribution is 2.27. The summed E-state index contributed by atoms with van der Waals surface area (Å²) in [5.74, 6) is -0.469. The van der Waals surface area contributed by atoms with E-state index in [-0.39, 0.29) is 16.6 Å². The van der Waals surface area contributed by atoms with Crippen molar-refractivity contribution in [2.45, 2.75) is 31.8 Å². The van der Waals surface area contributed by atoms with Gasteiger partial charge >= 0.3 is 0 Å². The van der Waals surface area contributed by atoms with E-state index < -0.39 is 5.82 Å². The number of nitrogens with zero attached hydrogens (tertiary/aromatic N) is 1. The van der Waals surface area contributed by atoms with Gasteiger partial charge in [0.05, 0.1) is 11.6 Å². The van der Waals surface area contributed by atoms with E-state index in [1.807, 2.05) is 6.07 Å². The minimum atomic E-state index is -0.469. The van der Waals surface area contributed by atoms with Gasteiger partial charge in [-0.2, -0.15) is 0 Å². The van der Waals surface area contributed by atoms with E-state index in [2.05, 4.69) is 0 Å². The summed E-state index contributed by atoms with van der Waals surface area (Å²) in [5.41, 5.74) is 8.73. The van der Waals surface area contributed by atoms with E-state index >= 15 is 0 Å². The highest BCUT2D eigenvalue weighted by atomic mass is 35.5. The van der Waals surface area contributed by atoms with E-state index in [0.717, 1.165) is 30.5 Å². The summed E-state index contributed by atoms with van der Waals surface area (Å²) in [6, 6.07) is 7.95. The Morgan fingerprint density at radius 2 is 2.14 bits per heavy atom. The Bertz CT molecular complexity index is 742. The normalized spacial score (nSPS) is 17.6. The quantitative estimate of drug-likeness (QED) is 0.927. The molecular weight excluding hydrogens is 291 g/mol. The van der Waals surface area contributed by atoms with Gasteiger partial charge in [-0.3, -0.25) is 4.79 Å². The number of rotatable bonds is 2. The van der Waals surface area contributed by atoms with Crippen LogP contribution in [-0.4, -0.2) is 4.57 Å². The maximum atomic E-state index is 13.5. The molecule has 1 aliphatic rings. The predicted molar refractivity (Wildman–Crippen MR) is 81.1 cm³/mol. The maximum absolute atomic E-state index is 13.5. The van der Waals surface area contributed by atoms with Crippen molar-refractivity contribution in [3.8, 4) is 0 Å². The molecule has 110 valence electrons. The zero-order valence-electron chi connectivity index (χ0n) is 11.5. The van der Waals surface area contributed by atoms with Gasteiger partial charge in [0.15, 0.2) is 0 Å². The first-order valence-electron chi connectivity index (χ1n) is 6.98. The fourth-order valence-corrected chi connectivity index (χ4v) is 3.01. The van der Waals surface area contributed by atoms with Crippen molar-refractivity contribution in [2.24, 2.45) is 5.73 Å². The van der Waals surface area contributed by atoms with E-state index in [0.29, 0.717) is 12.1 Å². The van der Waals surface area contributed by atoms with Gasteiger partial charge in [-0.1, -0.05) is 23.7 Å². The van der Waals surface area contributed by atoms with Crippen LogP contribution in [-0.2, 0) is 13.0 Å². The molecular formula is C16H16ClFN2O. The number of halogens is 2. The summed E-state index contributed by atoms with van der Waals surface area (Å²) in [5, 5.41) is 0.0863. The lowest BCUT2D eigenvalue weighted by molar-refractivity contribution is 0.529. The van der Waals surface area contributed by atoms with Gasteiger partial charge in [0, 0.05) is 17.8 Å². The minimum Gasteiger partial charge on any atom is -0.324 e. The molecule has 0 spiro atoms. The third-order valence-corrected chi connectivity index (χ3v) is 4.29. The molecule has 0 radical (unpaired) electrons. The average molecular weight is 307 g/mol. The summed E-state index contributed by atoms with van der Waals surface area (Å²) in [4.78, 5) is 12.2. The van der Waals surface area contributed by atoms with E-state index in [9.17, 15) is 9.18 Å². The lowest BCUT2D eigenvalue weighted by Crippen LogP contribution is -2.29. The first kappa shape index (κ1) is 14.3. The smallest absolute Gasteiger partial charge is 0.251 e. The Morgan fingerprint density at radius 3 is 2.90 bits per heavy atom. The van der Waals surface area contributed by atoms with Crippen molar-refractivity contribution in [3.63, 3.8) is 0 Å². The molecule has 21 heavy (non-hydrogen) atoms. The fourth-order valence-electron chi connectivity index (χ4n) is 2.89. The average Bonchev–Trinajstić information content (AvgIpc) is 2.46. The van der Waals surface area contributed by atoms with Crippen molar-refractivity contribution >= 4 is 11.6 Å². The van der Waals surface area contributed by atoms with Crippen molar-refractivity contribution in [1.82, 2.24) is 4.57 Å². The highest BCUT2D eigenvalue weighted by Gasteiger charge is 2.20. The van der Waals surface area contributed by atoms with Gasteiger partial charge < -0.3 is 10.3 Å². The highest BCUT2D eigenvalue weighted by molar-refractivity contribution is 6.30. The molecule has 0 amide bonds. The predicted octanol–water partition coefficient (Wildman–Crippen LogP) is 3.03. The molecule has 3 rings (SSSR count). The Balaban J connectivity index is 2.04. The standard InChI is InChI=1S/C16H16ClFN2O/c17-12-6-4-10(8-13(12)18)9-20-15-3-1-2-14(19)11(15)5-7-16(20)21/h4-8,14H,1-3,9,19H2. The lowest BCUT2D eigenvalue weighted by Gasteiger charge is -2.25. The molecule has 2 aromatic rings. The number of aromatic nitrogens is 1. The number of benzene rings is 1. The molecule has 0 fully saturated rings. The van der Waals surface area contributed by atoms with Crippen molar-refractivity contribution in [2.75, 3.05) is 0 Å². The van der Waals surface area contributed by atoms with Crippen LogP contribution < -0.4 is 11.3 Å². The van der Waals surface area contributed by atoms with Gasteiger partial charge in [0.1, 0.15) is 5.82 Å². The molecule has 1 aliphatic carbocycles.